The molecule has 0 aliphatic carbocycles. The van der Waals surface area contributed by atoms with E-state index in [2.05, 4.69) is 4.29 Å². The van der Waals surface area contributed by atoms with Gasteiger partial charge in [-0.1, -0.05) is 29.3 Å². The van der Waals surface area contributed by atoms with Gasteiger partial charge in [0, 0.05) is 10.6 Å². The highest BCUT2D eigenvalue weighted by Crippen LogP contribution is 2.25. The van der Waals surface area contributed by atoms with Crippen molar-refractivity contribution in [1.82, 2.24) is 0 Å². The lowest BCUT2D eigenvalue weighted by atomic mass is 10.1. The molecule has 5 heteroatoms. The molecule has 3 nitrogen and oxygen atoms in total. The van der Waals surface area contributed by atoms with E-state index < -0.39 is 12.1 Å². The predicted molar refractivity (Wildman–Crippen MR) is 53.1 cm³/mol. The van der Waals surface area contributed by atoms with Crippen LogP contribution in [0.4, 0.5) is 0 Å². The molecule has 0 spiro atoms. The van der Waals surface area contributed by atoms with E-state index in [1.165, 1.54) is 0 Å². The first kappa shape index (κ1) is 11.3. The Kier molecular flexibility index (Phi) is 3.75. The molecule has 1 atom stereocenters. The van der Waals surface area contributed by atoms with Crippen LogP contribution in [0.25, 0.3) is 0 Å². The van der Waals surface area contributed by atoms with Crippen molar-refractivity contribution in [2.75, 3.05) is 0 Å². The number of aliphatic hydroxyl groups excluding tert-OH is 1. The molecule has 0 saturated heterocycles. The normalized spacial score (nSPS) is 12.3. The zero-order valence-electron chi connectivity index (χ0n) is 7.33. The Balaban J connectivity index is 3.05. The summed E-state index contributed by atoms with van der Waals surface area (Å²) in [5.41, 5.74) is 1.17. The van der Waals surface area contributed by atoms with E-state index in [9.17, 15) is 9.90 Å². The van der Waals surface area contributed by atoms with Crippen LogP contribution in [0.5, 0.6) is 0 Å². The van der Waals surface area contributed by atoms with Crippen LogP contribution in [0.3, 0.4) is 0 Å². The summed E-state index contributed by atoms with van der Waals surface area (Å²) in [7, 11) is 0. The highest BCUT2D eigenvalue weighted by Gasteiger charge is 2.21. The molecule has 0 radical (unpaired) electrons. The first-order valence-electron chi connectivity index (χ1n) is 3.83. The molecule has 1 rings (SSSR count). The van der Waals surface area contributed by atoms with E-state index in [0.29, 0.717) is 5.02 Å². The smallest absolute Gasteiger partial charge is 0.357 e. The molecule has 1 N–H and O–H groups in total. The highest BCUT2D eigenvalue weighted by atomic mass is 35.5. The van der Waals surface area contributed by atoms with Gasteiger partial charge in [-0.05, 0) is 13.0 Å². The fourth-order valence-corrected chi connectivity index (χ4v) is 1.35. The van der Waals surface area contributed by atoms with Crippen LogP contribution >= 0.6 is 23.5 Å². The fourth-order valence-electron chi connectivity index (χ4n) is 1.04. The van der Waals surface area contributed by atoms with Crippen molar-refractivity contribution < 1.29 is 14.2 Å². The lowest BCUT2D eigenvalue weighted by Gasteiger charge is -2.09. The molecular formula is C9H8Cl2O3. The minimum Gasteiger partial charge on any atom is -0.377 e. The van der Waals surface area contributed by atoms with E-state index in [1.54, 1.807) is 18.2 Å². The van der Waals surface area contributed by atoms with E-state index in [1.807, 2.05) is 6.92 Å². The molecule has 0 fully saturated rings. The molecule has 1 unspecified atom stereocenters. The van der Waals surface area contributed by atoms with Crippen LogP contribution in [-0.4, -0.2) is 11.1 Å². The van der Waals surface area contributed by atoms with Gasteiger partial charge in [0.15, 0.2) is 6.10 Å². The van der Waals surface area contributed by atoms with Gasteiger partial charge in [-0.2, -0.15) is 0 Å². The topological polar surface area (TPSA) is 46.5 Å². The Labute approximate surface area is 91.4 Å². The lowest BCUT2D eigenvalue weighted by Crippen LogP contribution is -2.12. The summed E-state index contributed by atoms with van der Waals surface area (Å²) in [5, 5.41) is 9.75. The third-order valence-electron chi connectivity index (χ3n) is 1.75. The maximum atomic E-state index is 10.9. The van der Waals surface area contributed by atoms with Gasteiger partial charge in [0.2, 0.25) is 0 Å². The third-order valence-corrected chi connectivity index (χ3v) is 2.24. The van der Waals surface area contributed by atoms with E-state index in [0.717, 1.165) is 5.56 Å². The first-order valence-corrected chi connectivity index (χ1v) is 4.51. The zero-order chi connectivity index (χ0) is 10.7. The fraction of sp³-hybridized carbons (Fsp3) is 0.222. The van der Waals surface area contributed by atoms with Gasteiger partial charge >= 0.3 is 5.97 Å². The number of carbonyl (C=O) groups excluding carboxylic acids is 1. The van der Waals surface area contributed by atoms with Crippen LogP contribution in [0, 0.1) is 6.92 Å². The van der Waals surface area contributed by atoms with Gasteiger partial charge in [0.1, 0.15) is 11.9 Å². The summed E-state index contributed by atoms with van der Waals surface area (Å²) >= 11 is 10.6. The molecule has 14 heavy (non-hydrogen) atoms. The van der Waals surface area contributed by atoms with Crippen molar-refractivity contribution in [2.24, 2.45) is 0 Å². The molecule has 0 bridgehead atoms. The second kappa shape index (κ2) is 4.64. The summed E-state index contributed by atoms with van der Waals surface area (Å²) in [4.78, 5) is 10.9. The molecule has 0 amide bonds. The summed E-state index contributed by atoms with van der Waals surface area (Å²) in [5.74, 6) is -0.945. The van der Waals surface area contributed by atoms with E-state index in [-0.39, 0.29) is 5.56 Å². The average Bonchev–Trinajstić information content (AvgIpc) is 2.19. The number of rotatable bonds is 2. The predicted octanol–water partition coefficient (Wildman–Crippen LogP) is 2.38. The Morgan fingerprint density at radius 3 is 2.79 bits per heavy atom. The summed E-state index contributed by atoms with van der Waals surface area (Å²) < 4.78 is 3.89. The minimum absolute atomic E-state index is 0.289. The lowest BCUT2D eigenvalue weighted by molar-refractivity contribution is -0.143. The molecule has 1 aromatic rings. The van der Waals surface area contributed by atoms with Crippen LogP contribution in [-0.2, 0) is 9.08 Å². The van der Waals surface area contributed by atoms with Gasteiger partial charge in [-0.15, -0.1) is 0 Å². The van der Waals surface area contributed by atoms with Gasteiger partial charge in [0.05, 0.1) is 0 Å². The Bertz CT molecular complexity index is 352. The summed E-state index contributed by atoms with van der Waals surface area (Å²) in [6.07, 6.45) is -1.44. The Hall–Kier alpha value is -0.770. The average molecular weight is 235 g/mol. The number of benzene rings is 1. The quantitative estimate of drug-likeness (QED) is 0.855. The maximum absolute atomic E-state index is 10.9. The largest absolute Gasteiger partial charge is 0.377 e. The monoisotopic (exact) mass is 234 g/mol. The van der Waals surface area contributed by atoms with Crippen LogP contribution < -0.4 is 0 Å². The van der Waals surface area contributed by atoms with Crippen molar-refractivity contribution in [3.05, 3.63) is 34.3 Å². The van der Waals surface area contributed by atoms with Crippen molar-refractivity contribution >= 4 is 29.4 Å². The molecule has 1 aromatic carbocycles. The molecular weight excluding hydrogens is 227 g/mol. The SMILES string of the molecule is Cc1ccc(Cl)c(C(O)C(=O)OCl)c1. The molecule has 76 valence electrons. The van der Waals surface area contributed by atoms with Gasteiger partial charge < -0.3 is 9.40 Å². The number of halogens is 2. The zero-order valence-corrected chi connectivity index (χ0v) is 8.84. The number of hydrogen-bond acceptors (Lipinski definition) is 3. The van der Waals surface area contributed by atoms with Crippen LogP contribution in [0.2, 0.25) is 5.02 Å². The van der Waals surface area contributed by atoms with Crippen molar-refractivity contribution in [3.63, 3.8) is 0 Å². The third kappa shape index (κ3) is 2.38. The number of aliphatic hydroxyl groups is 1. The minimum atomic E-state index is -1.44. The number of carbonyl (C=O) groups is 1. The summed E-state index contributed by atoms with van der Waals surface area (Å²) in [6.45, 7) is 1.82. The maximum Gasteiger partial charge on any atom is 0.357 e. The molecule has 0 saturated carbocycles. The summed E-state index contributed by atoms with van der Waals surface area (Å²) in [6, 6.07) is 4.96. The van der Waals surface area contributed by atoms with Crippen LogP contribution in [0.1, 0.15) is 17.2 Å². The first-order chi connectivity index (χ1) is 6.56. The standard InChI is InChI=1S/C9H8Cl2O3/c1-5-2-3-7(10)6(4-5)8(12)9(13)14-11/h2-4,8,12H,1H3. The van der Waals surface area contributed by atoms with Crippen LogP contribution in [0.15, 0.2) is 18.2 Å². The van der Waals surface area contributed by atoms with Gasteiger partial charge in [-0.25, -0.2) is 4.79 Å². The number of aryl methyl sites for hydroxylation is 1. The van der Waals surface area contributed by atoms with Gasteiger partial charge in [0.25, 0.3) is 0 Å². The Morgan fingerprint density at radius 2 is 2.21 bits per heavy atom. The Morgan fingerprint density at radius 1 is 1.57 bits per heavy atom. The highest BCUT2D eigenvalue weighted by molar-refractivity contribution is 6.31. The van der Waals surface area contributed by atoms with Gasteiger partial charge in [-0.3, -0.25) is 0 Å². The second-order valence-electron chi connectivity index (χ2n) is 2.82. The van der Waals surface area contributed by atoms with Crippen molar-refractivity contribution in [2.45, 2.75) is 13.0 Å². The number of hydrogen-bond donors (Lipinski definition) is 1. The van der Waals surface area contributed by atoms with E-state index >= 15 is 0 Å². The van der Waals surface area contributed by atoms with E-state index in [4.69, 9.17) is 23.5 Å². The van der Waals surface area contributed by atoms with Crippen molar-refractivity contribution in [1.29, 1.82) is 0 Å². The van der Waals surface area contributed by atoms with Crippen molar-refractivity contribution in [3.8, 4) is 0 Å². The molecule has 0 heterocycles. The molecule has 0 aliphatic heterocycles. The second-order valence-corrected chi connectivity index (χ2v) is 3.39. The molecule has 0 aliphatic rings. The molecule has 0 aromatic heterocycles.